The number of para-hydroxylation sites is 1. The Bertz CT molecular complexity index is 1230. The Balaban J connectivity index is 1.36. The number of halogens is 3. The van der Waals surface area contributed by atoms with Crippen LogP contribution in [0.3, 0.4) is 0 Å². The van der Waals surface area contributed by atoms with Crippen LogP contribution in [0.4, 0.5) is 13.2 Å². The maximum Gasteiger partial charge on any atom is 0.573 e. The number of hydrogen-bond donors (Lipinski definition) is 0. The molecule has 3 heterocycles. The molecule has 0 radical (unpaired) electrons. The third-order valence-corrected chi connectivity index (χ3v) is 6.40. The van der Waals surface area contributed by atoms with E-state index in [4.69, 9.17) is 4.74 Å². The van der Waals surface area contributed by atoms with Gasteiger partial charge in [0.2, 0.25) is 0 Å². The first-order chi connectivity index (χ1) is 15.7. The van der Waals surface area contributed by atoms with Crippen molar-refractivity contribution in [2.75, 3.05) is 13.1 Å². The highest BCUT2D eigenvalue weighted by molar-refractivity contribution is 5.96. The fourth-order valence-corrected chi connectivity index (χ4v) is 4.79. The molecule has 5 rings (SSSR count). The first-order valence-corrected chi connectivity index (χ1v) is 10.6. The van der Waals surface area contributed by atoms with E-state index in [1.165, 1.54) is 18.2 Å². The quantitative estimate of drug-likeness (QED) is 0.554. The van der Waals surface area contributed by atoms with Crippen molar-refractivity contribution < 1.29 is 27.4 Å². The number of nitrogens with zero attached hydrogens (tertiary/aromatic N) is 3. The van der Waals surface area contributed by atoms with E-state index in [1.54, 1.807) is 11.8 Å². The number of likely N-dealkylation sites (tertiary alicyclic amines) is 1. The number of piperidine rings is 1. The number of alkyl halides is 3. The van der Waals surface area contributed by atoms with Gasteiger partial charge in [-0.2, -0.15) is 5.10 Å². The number of carbonyl (C=O) groups excluding carboxylic acids is 1. The number of fused-ring (bicyclic) bond motifs is 4. The van der Waals surface area contributed by atoms with Crippen molar-refractivity contribution in [3.63, 3.8) is 0 Å². The molecule has 0 N–H and O–H groups in total. The SMILES string of the molecule is Cc1cc(OC(F)(F)F)ccc1C(=O)N1CCC2(CC1)Oc1ccccc1-c1c2cnn1C. The zero-order valence-corrected chi connectivity index (χ0v) is 18.1. The topological polar surface area (TPSA) is 56.6 Å². The standard InChI is InChI=1S/C24H22F3N3O3/c1-15-13-16(32-24(25,26)27)7-8-17(15)22(31)30-11-9-23(10-12-30)19-14-28-29(2)21(19)18-5-3-4-6-20(18)33-23/h3-8,13-14H,9-12H2,1-2H3. The van der Waals surface area contributed by atoms with Crippen LogP contribution < -0.4 is 9.47 Å². The van der Waals surface area contributed by atoms with Crippen LogP contribution in [-0.2, 0) is 12.6 Å². The molecule has 1 aromatic heterocycles. The molecule has 1 saturated heterocycles. The van der Waals surface area contributed by atoms with Crippen LogP contribution in [0.5, 0.6) is 11.5 Å². The first kappa shape index (κ1) is 21.4. The first-order valence-electron chi connectivity index (χ1n) is 10.6. The Morgan fingerprint density at radius 2 is 1.88 bits per heavy atom. The number of carbonyl (C=O) groups is 1. The summed E-state index contributed by atoms with van der Waals surface area (Å²) >= 11 is 0. The molecule has 2 aromatic carbocycles. The number of hydrogen-bond acceptors (Lipinski definition) is 4. The van der Waals surface area contributed by atoms with Gasteiger partial charge in [0.1, 0.15) is 17.1 Å². The summed E-state index contributed by atoms with van der Waals surface area (Å²) in [6.07, 6.45) is -1.77. The lowest BCUT2D eigenvalue weighted by Gasteiger charge is -2.44. The number of benzene rings is 2. The summed E-state index contributed by atoms with van der Waals surface area (Å²) < 4.78 is 49.8. The van der Waals surface area contributed by atoms with Crippen molar-refractivity contribution in [2.24, 2.45) is 7.05 Å². The van der Waals surface area contributed by atoms with Gasteiger partial charge in [0.15, 0.2) is 0 Å². The molecule has 0 bridgehead atoms. The Labute approximate surface area is 188 Å². The highest BCUT2D eigenvalue weighted by Crippen LogP contribution is 2.49. The van der Waals surface area contributed by atoms with Crippen LogP contribution in [0.25, 0.3) is 11.3 Å². The van der Waals surface area contributed by atoms with Crippen LogP contribution >= 0.6 is 0 Å². The fourth-order valence-electron chi connectivity index (χ4n) is 4.79. The maximum atomic E-state index is 13.1. The smallest absolute Gasteiger partial charge is 0.482 e. The molecule has 0 unspecified atom stereocenters. The summed E-state index contributed by atoms with van der Waals surface area (Å²) in [5.74, 6) is 0.237. The molecule has 9 heteroatoms. The minimum Gasteiger partial charge on any atom is -0.482 e. The largest absolute Gasteiger partial charge is 0.573 e. The number of amides is 1. The molecule has 2 aliphatic rings. The van der Waals surface area contributed by atoms with Crippen LogP contribution in [0, 0.1) is 6.92 Å². The number of ether oxygens (including phenoxy) is 2. The second-order valence-electron chi connectivity index (χ2n) is 8.44. The molecule has 1 fully saturated rings. The van der Waals surface area contributed by atoms with Crippen molar-refractivity contribution >= 4 is 5.91 Å². The Morgan fingerprint density at radius 3 is 2.58 bits per heavy atom. The minimum absolute atomic E-state index is 0.219. The second kappa shape index (κ2) is 7.54. The van der Waals surface area contributed by atoms with E-state index in [-0.39, 0.29) is 11.7 Å². The van der Waals surface area contributed by atoms with E-state index in [0.29, 0.717) is 37.1 Å². The Morgan fingerprint density at radius 1 is 1.15 bits per heavy atom. The van der Waals surface area contributed by atoms with E-state index in [1.807, 2.05) is 42.2 Å². The van der Waals surface area contributed by atoms with E-state index >= 15 is 0 Å². The summed E-state index contributed by atoms with van der Waals surface area (Å²) in [7, 11) is 1.90. The fraction of sp³-hybridized carbons (Fsp3) is 0.333. The summed E-state index contributed by atoms with van der Waals surface area (Å²) in [6, 6.07) is 11.6. The predicted molar refractivity (Wildman–Crippen MR) is 114 cm³/mol. The van der Waals surface area contributed by atoms with Gasteiger partial charge in [0.05, 0.1) is 11.9 Å². The number of rotatable bonds is 2. The monoisotopic (exact) mass is 457 g/mol. The van der Waals surface area contributed by atoms with Gasteiger partial charge in [-0.15, -0.1) is 13.2 Å². The molecule has 6 nitrogen and oxygen atoms in total. The molecule has 172 valence electrons. The molecule has 3 aromatic rings. The molecule has 2 aliphatic heterocycles. The van der Waals surface area contributed by atoms with Crippen LogP contribution in [-0.4, -0.2) is 40.0 Å². The molecule has 0 atom stereocenters. The zero-order chi connectivity index (χ0) is 23.4. The second-order valence-corrected chi connectivity index (χ2v) is 8.44. The van der Waals surface area contributed by atoms with Gasteiger partial charge >= 0.3 is 6.36 Å². The molecule has 1 spiro atoms. The van der Waals surface area contributed by atoms with Gasteiger partial charge in [0, 0.05) is 49.7 Å². The third kappa shape index (κ3) is 3.71. The lowest BCUT2D eigenvalue weighted by atomic mass is 9.81. The van der Waals surface area contributed by atoms with Crippen LogP contribution in [0.1, 0.15) is 34.3 Å². The molecular formula is C24H22F3N3O3. The van der Waals surface area contributed by atoms with Gasteiger partial charge in [0.25, 0.3) is 5.91 Å². The van der Waals surface area contributed by atoms with Gasteiger partial charge in [-0.05, 0) is 42.8 Å². The van der Waals surface area contributed by atoms with E-state index in [9.17, 15) is 18.0 Å². The molecule has 0 saturated carbocycles. The summed E-state index contributed by atoms with van der Waals surface area (Å²) in [6.45, 7) is 2.51. The van der Waals surface area contributed by atoms with Crippen molar-refractivity contribution in [1.82, 2.24) is 14.7 Å². The summed E-state index contributed by atoms with van der Waals surface area (Å²) in [4.78, 5) is 14.9. The lowest BCUT2D eigenvalue weighted by Crippen LogP contribution is -2.49. The van der Waals surface area contributed by atoms with E-state index < -0.39 is 12.0 Å². The van der Waals surface area contributed by atoms with Crippen molar-refractivity contribution in [3.05, 3.63) is 65.4 Å². The van der Waals surface area contributed by atoms with Crippen LogP contribution in [0.2, 0.25) is 0 Å². The molecular weight excluding hydrogens is 435 g/mol. The van der Waals surface area contributed by atoms with E-state index in [2.05, 4.69) is 9.84 Å². The zero-order valence-electron chi connectivity index (χ0n) is 18.1. The van der Waals surface area contributed by atoms with Gasteiger partial charge < -0.3 is 14.4 Å². The van der Waals surface area contributed by atoms with Crippen LogP contribution in [0.15, 0.2) is 48.7 Å². The maximum absolute atomic E-state index is 13.1. The minimum atomic E-state index is -4.77. The van der Waals surface area contributed by atoms with Crippen molar-refractivity contribution in [3.8, 4) is 22.8 Å². The summed E-state index contributed by atoms with van der Waals surface area (Å²) in [5.41, 5.74) is 3.24. The lowest BCUT2D eigenvalue weighted by molar-refractivity contribution is -0.274. The normalized spacial score (nSPS) is 16.7. The highest BCUT2D eigenvalue weighted by atomic mass is 19.4. The van der Waals surface area contributed by atoms with E-state index in [0.717, 1.165) is 22.6 Å². The number of aryl methyl sites for hydroxylation is 2. The predicted octanol–water partition coefficient (Wildman–Crippen LogP) is 4.82. The average molecular weight is 457 g/mol. The van der Waals surface area contributed by atoms with Gasteiger partial charge in [-0.3, -0.25) is 9.48 Å². The van der Waals surface area contributed by atoms with Crippen molar-refractivity contribution in [1.29, 1.82) is 0 Å². The molecule has 33 heavy (non-hydrogen) atoms. The highest BCUT2D eigenvalue weighted by Gasteiger charge is 2.46. The average Bonchev–Trinajstić information content (AvgIpc) is 3.16. The number of aromatic nitrogens is 2. The summed E-state index contributed by atoms with van der Waals surface area (Å²) in [5, 5.41) is 4.46. The molecule has 0 aliphatic carbocycles. The third-order valence-electron chi connectivity index (χ3n) is 6.40. The van der Waals surface area contributed by atoms with Gasteiger partial charge in [-0.25, -0.2) is 0 Å². The Kier molecular flexibility index (Phi) is 4.88. The Hall–Kier alpha value is -3.49. The van der Waals surface area contributed by atoms with Crippen molar-refractivity contribution in [2.45, 2.75) is 31.7 Å². The molecule has 1 amide bonds. The van der Waals surface area contributed by atoms with Gasteiger partial charge in [-0.1, -0.05) is 12.1 Å².